The summed E-state index contributed by atoms with van der Waals surface area (Å²) in [5.74, 6) is 0. The van der Waals surface area contributed by atoms with Crippen LogP contribution in [-0.4, -0.2) is 15.1 Å². The first-order valence-corrected chi connectivity index (χ1v) is 6.44. The summed E-state index contributed by atoms with van der Waals surface area (Å²) >= 11 is 0. The van der Waals surface area contributed by atoms with E-state index in [9.17, 15) is 0 Å². The molecule has 0 radical (unpaired) electrons. The first kappa shape index (κ1) is 11.6. The summed E-state index contributed by atoms with van der Waals surface area (Å²) in [6.45, 7) is 7.73. The van der Waals surface area contributed by atoms with E-state index in [4.69, 9.17) is 0 Å². The van der Waals surface area contributed by atoms with Crippen LogP contribution in [0.25, 0.3) is 0 Å². The van der Waals surface area contributed by atoms with Gasteiger partial charge >= 0.3 is 0 Å². The van der Waals surface area contributed by atoms with Crippen molar-refractivity contribution in [3.05, 3.63) is 18.2 Å². The van der Waals surface area contributed by atoms with Crippen molar-refractivity contribution in [2.45, 2.75) is 64.6 Å². The number of nitrogens with one attached hydrogen (secondary N) is 1. The quantitative estimate of drug-likeness (QED) is 0.800. The van der Waals surface area contributed by atoms with E-state index in [1.165, 1.54) is 31.4 Å². The third kappa shape index (κ3) is 2.46. The Kier molecular flexibility index (Phi) is 3.33. The maximum absolute atomic E-state index is 4.26. The van der Waals surface area contributed by atoms with Crippen molar-refractivity contribution in [2.75, 3.05) is 0 Å². The molecule has 3 nitrogen and oxygen atoms in total. The van der Waals surface area contributed by atoms with Crippen LogP contribution in [0.4, 0.5) is 0 Å². The lowest BCUT2D eigenvalue weighted by Crippen LogP contribution is -2.40. The first-order valence-electron chi connectivity index (χ1n) is 6.44. The second kappa shape index (κ2) is 4.58. The molecule has 0 aromatic carbocycles. The number of aromatic nitrogens is 2. The van der Waals surface area contributed by atoms with E-state index in [-0.39, 0.29) is 5.54 Å². The highest BCUT2D eigenvalue weighted by Gasteiger charge is 2.26. The molecule has 0 bridgehead atoms. The number of nitrogens with zero attached hydrogens (tertiary/aromatic N) is 2. The minimum absolute atomic E-state index is 0.263. The molecule has 0 atom stereocenters. The first-order chi connectivity index (χ1) is 7.68. The molecule has 1 aliphatic carbocycles. The van der Waals surface area contributed by atoms with Crippen molar-refractivity contribution in [3.63, 3.8) is 0 Å². The van der Waals surface area contributed by atoms with Gasteiger partial charge in [-0.1, -0.05) is 13.8 Å². The van der Waals surface area contributed by atoms with Gasteiger partial charge in [0.15, 0.2) is 0 Å². The largest absolute Gasteiger partial charge is 0.330 e. The van der Waals surface area contributed by atoms with E-state index in [0.29, 0.717) is 0 Å². The minimum Gasteiger partial charge on any atom is -0.330 e. The molecule has 0 aliphatic heterocycles. The number of rotatable bonds is 6. The highest BCUT2D eigenvalue weighted by Crippen LogP contribution is 2.35. The van der Waals surface area contributed by atoms with Crippen molar-refractivity contribution in [1.82, 2.24) is 14.9 Å². The fourth-order valence-corrected chi connectivity index (χ4v) is 1.95. The maximum atomic E-state index is 4.26. The van der Waals surface area contributed by atoms with Gasteiger partial charge in [0.2, 0.25) is 0 Å². The summed E-state index contributed by atoms with van der Waals surface area (Å²) in [4.78, 5) is 4.26. The van der Waals surface area contributed by atoms with Gasteiger partial charge in [-0.2, -0.15) is 0 Å². The highest BCUT2D eigenvalue weighted by molar-refractivity contribution is 5.04. The van der Waals surface area contributed by atoms with Crippen LogP contribution >= 0.6 is 0 Å². The lowest BCUT2D eigenvalue weighted by Gasteiger charge is -2.28. The average molecular weight is 221 g/mol. The third-order valence-electron chi connectivity index (χ3n) is 3.94. The zero-order valence-corrected chi connectivity index (χ0v) is 10.7. The van der Waals surface area contributed by atoms with Crippen molar-refractivity contribution in [3.8, 4) is 0 Å². The monoisotopic (exact) mass is 221 g/mol. The topological polar surface area (TPSA) is 29.9 Å². The van der Waals surface area contributed by atoms with Gasteiger partial charge in [0.25, 0.3) is 0 Å². The van der Waals surface area contributed by atoms with Gasteiger partial charge in [0.1, 0.15) is 0 Å². The Morgan fingerprint density at radius 3 is 2.69 bits per heavy atom. The number of imidazole rings is 1. The van der Waals surface area contributed by atoms with Gasteiger partial charge in [-0.25, -0.2) is 4.98 Å². The average Bonchev–Trinajstić information content (AvgIpc) is 3.05. The Balaban J connectivity index is 1.96. The second-order valence-corrected chi connectivity index (χ2v) is 5.14. The molecule has 1 aliphatic rings. The number of hydrogen-bond acceptors (Lipinski definition) is 2. The summed E-state index contributed by atoms with van der Waals surface area (Å²) in [7, 11) is 0. The van der Waals surface area contributed by atoms with Crippen LogP contribution in [0.2, 0.25) is 0 Å². The van der Waals surface area contributed by atoms with Gasteiger partial charge in [-0.15, -0.1) is 0 Å². The van der Waals surface area contributed by atoms with Crippen molar-refractivity contribution < 1.29 is 0 Å². The lowest BCUT2D eigenvalue weighted by atomic mass is 9.95. The van der Waals surface area contributed by atoms with Crippen LogP contribution in [0.1, 0.15) is 58.2 Å². The Bertz CT molecular complexity index is 335. The molecule has 1 heterocycles. The van der Waals surface area contributed by atoms with Crippen LogP contribution in [0.5, 0.6) is 0 Å². The van der Waals surface area contributed by atoms with Crippen LogP contribution < -0.4 is 5.32 Å². The molecular weight excluding hydrogens is 198 g/mol. The van der Waals surface area contributed by atoms with Gasteiger partial charge in [0.05, 0.1) is 12.0 Å². The van der Waals surface area contributed by atoms with Crippen LogP contribution in [0, 0.1) is 0 Å². The summed E-state index contributed by atoms with van der Waals surface area (Å²) < 4.78 is 2.33. The summed E-state index contributed by atoms with van der Waals surface area (Å²) in [5, 5.41) is 3.66. The van der Waals surface area contributed by atoms with Gasteiger partial charge < -0.3 is 9.88 Å². The molecule has 0 saturated heterocycles. The molecule has 90 valence electrons. The minimum atomic E-state index is 0.263. The zero-order chi connectivity index (χ0) is 11.6. The van der Waals surface area contributed by atoms with Crippen LogP contribution in [0.3, 0.4) is 0 Å². The van der Waals surface area contributed by atoms with E-state index in [2.05, 4.69) is 35.6 Å². The number of hydrogen-bond donors (Lipinski definition) is 1. The zero-order valence-electron chi connectivity index (χ0n) is 10.7. The highest BCUT2D eigenvalue weighted by atomic mass is 15.1. The summed E-state index contributed by atoms with van der Waals surface area (Å²) in [5.41, 5.74) is 1.59. The van der Waals surface area contributed by atoms with Crippen molar-refractivity contribution in [1.29, 1.82) is 0 Å². The van der Waals surface area contributed by atoms with Crippen molar-refractivity contribution in [2.24, 2.45) is 0 Å². The summed E-state index contributed by atoms with van der Waals surface area (Å²) in [6.07, 6.45) is 8.95. The molecule has 1 fully saturated rings. The van der Waals surface area contributed by atoms with E-state index in [1.54, 1.807) is 0 Å². The molecule has 1 aromatic rings. The molecule has 1 N–H and O–H groups in total. The standard InChI is InChI=1S/C13H23N3/c1-4-13(3,5-2)15-9-12-8-14-10-16(12)11-6-7-11/h8,10-11,15H,4-7,9H2,1-3H3. The lowest BCUT2D eigenvalue weighted by molar-refractivity contribution is 0.325. The Hall–Kier alpha value is -0.830. The summed E-state index contributed by atoms with van der Waals surface area (Å²) in [6, 6.07) is 0.730. The fraction of sp³-hybridized carbons (Fsp3) is 0.769. The van der Waals surface area contributed by atoms with E-state index >= 15 is 0 Å². The van der Waals surface area contributed by atoms with Gasteiger partial charge in [-0.3, -0.25) is 0 Å². The molecule has 16 heavy (non-hydrogen) atoms. The Labute approximate surface area is 98.3 Å². The van der Waals surface area contributed by atoms with Crippen LogP contribution in [-0.2, 0) is 6.54 Å². The third-order valence-corrected chi connectivity index (χ3v) is 3.94. The smallest absolute Gasteiger partial charge is 0.0951 e. The molecule has 1 aromatic heterocycles. The molecule has 0 amide bonds. The van der Waals surface area contributed by atoms with Crippen LogP contribution in [0.15, 0.2) is 12.5 Å². The molecule has 0 spiro atoms. The van der Waals surface area contributed by atoms with Gasteiger partial charge in [0, 0.05) is 24.3 Å². The molecule has 3 heteroatoms. The van der Waals surface area contributed by atoms with E-state index < -0.39 is 0 Å². The van der Waals surface area contributed by atoms with E-state index in [0.717, 1.165) is 12.6 Å². The van der Waals surface area contributed by atoms with E-state index in [1.807, 2.05) is 12.5 Å². The fourth-order valence-electron chi connectivity index (χ4n) is 1.95. The molecule has 2 rings (SSSR count). The Morgan fingerprint density at radius 1 is 1.44 bits per heavy atom. The van der Waals surface area contributed by atoms with Crippen molar-refractivity contribution >= 4 is 0 Å². The molecule has 0 unspecified atom stereocenters. The van der Waals surface area contributed by atoms with Gasteiger partial charge in [-0.05, 0) is 32.6 Å². The molecule has 1 saturated carbocycles. The second-order valence-electron chi connectivity index (χ2n) is 5.14. The predicted octanol–water partition coefficient (Wildman–Crippen LogP) is 2.89. The maximum Gasteiger partial charge on any atom is 0.0951 e. The molecular formula is C13H23N3. The SMILES string of the molecule is CCC(C)(CC)NCc1cncn1C1CC1. The predicted molar refractivity (Wildman–Crippen MR) is 66.3 cm³/mol. The normalized spacial score (nSPS) is 16.7. The Morgan fingerprint density at radius 2 is 2.12 bits per heavy atom.